The van der Waals surface area contributed by atoms with E-state index in [2.05, 4.69) is 34.4 Å². The molecule has 1 unspecified atom stereocenters. The Hall–Kier alpha value is -2.11. The number of hydrogen-bond acceptors (Lipinski definition) is 4. The van der Waals surface area contributed by atoms with Gasteiger partial charge in [0.1, 0.15) is 5.82 Å². The largest absolute Gasteiger partial charge is 0.357 e. The number of anilines is 2. The first-order valence-electron chi connectivity index (χ1n) is 6.92. The van der Waals surface area contributed by atoms with Gasteiger partial charge in [0.2, 0.25) is 11.8 Å². The molecule has 1 saturated heterocycles. The monoisotopic (exact) mass is 276 g/mol. The molecule has 0 aromatic carbocycles. The van der Waals surface area contributed by atoms with Crippen molar-refractivity contribution in [2.75, 3.05) is 29.9 Å². The summed E-state index contributed by atoms with van der Waals surface area (Å²) in [6, 6.07) is 3.73. The van der Waals surface area contributed by atoms with Gasteiger partial charge in [-0.1, -0.05) is 0 Å². The number of aromatic nitrogens is 1. The molecular formula is C14H20N4O2. The summed E-state index contributed by atoms with van der Waals surface area (Å²) in [5.74, 6) is 0.400. The van der Waals surface area contributed by atoms with Crippen LogP contribution in [0.15, 0.2) is 18.3 Å². The van der Waals surface area contributed by atoms with E-state index in [9.17, 15) is 9.59 Å². The van der Waals surface area contributed by atoms with Crippen molar-refractivity contribution in [3.8, 4) is 0 Å². The zero-order valence-corrected chi connectivity index (χ0v) is 11.8. The molecule has 1 aliphatic rings. The summed E-state index contributed by atoms with van der Waals surface area (Å²) in [6.45, 7) is 6.35. The molecule has 1 aromatic rings. The summed E-state index contributed by atoms with van der Waals surface area (Å²) in [4.78, 5) is 29.5. The maximum Gasteiger partial charge on any atom is 0.229 e. The van der Waals surface area contributed by atoms with Crippen LogP contribution < -0.4 is 15.5 Å². The third-order valence-electron chi connectivity index (χ3n) is 3.45. The highest BCUT2D eigenvalue weighted by molar-refractivity contribution is 5.97. The van der Waals surface area contributed by atoms with Crippen LogP contribution in [0.4, 0.5) is 11.5 Å². The fourth-order valence-corrected chi connectivity index (χ4v) is 2.23. The molecule has 1 atom stereocenters. The second kappa shape index (κ2) is 6.36. The van der Waals surface area contributed by atoms with Crippen molar-refractivity contribution in [2.45, 2.75) is 20.3 Å². The van der Waals surface area contributed by atoms with Crippen LogP contribution in [-0.4, -0.2) is 36.4 Å². The first-order chi connectivity index (χ1) is 9.63. The number of carbonyl (C=O) groups is 2. The Morgan fingerprint density at radius 2 is 2.20 bits per heavy atom. The predicted octanol–water partition coefficient (Wildman–Crippen LogP) is 1.00. The molecule has 20 heavy (non-hydrogen) atoms. The third-order valence-corrected chi connectivity index (χ3v) is 3.45. The SMILES string of the molecule is CCN(CC)c1ccc(NC(=O)C2CNC(=O)C2)cn1. The van der Waals surface area contributed by atoms with E-state index in [1.165, 1.54) is 0 Å². The molecule has 0 radical (unpaired) electrons. The number of amides is 2. The molecule has 6 heteroatoms. The second-order valence-electron chi connectivity index (χ2n) is 4.77. The van der Waals surface area contributed by atoms with E-state index in [4.69, 9.17) is 0 Å². The highest BCUT2D eigenvalue weighted by Crippen LogP contribution is 2.16. The average Bonchev–Trinajstić information content (AvgIpc) is 2.89. The minimum absolute atomic E-state index is 0.0693. The van der Waals surface area contributed by atoms with E-state index in [0.717, 1.165) is 18.9 Å². The van der Waals surface area contributed by atoms with Gasteiger partial charge < -0.3 is 15.5 Å². The predicted molar refractivity (Wildman–Crippen MR) is 77.5 cm³/mol. The zero-order chi connectivity index (χ0) is 14.5. The minimum atomic E-state index is -0.287. The lowest BCUT2D eigenvalue weighted by molar-refractivity contribution is -0.123. The van der Waals surface area contributed by atoms with Gasteiger partial charge in [0.25, 0.3) is 0 Å². The van der Waals surface area contributed by atoms with Gasteiger partial charge in [-0.05, 0) is 26.0 Å². The summed E-state index contributed by atoms with van der Waals surface area (Å²) < 4.78 is 0. The van der Waals surface area contributed by atoms with Gasteiger partial charge in [0, 0.05) is 26.1 Å². The van der Waals surface area contributed by atoms with Crippen LogP contribution in [0.5, 0.6) is 0 Å². The van der Waals surface area contributed by atoms with Gasteiger partial charge in [-0.3, -0.25) is 9.59 Å². The number of rotatable bonds is 5. The molecule has 1 aliphatic heterocycles. The van der Waals surface area contributed by atoms with Crippen molar-refractivity contribution in [2.24, 2.45) is 5.92 Å². The first kappa shape index (κ1) is 14.3. The van der Waals surface area contributed by atoms with Gasteiger partial charge in [-0.2, -0.15) is 0 Å². The lowest BCUT2D eigenvalue weighted by atomic mass is 10.1. The Bertz CT molecular complexity index is 482. The van der Waals surface area contributed by atoms with Crippen molar-refractivity contribution in [1.82, 2.24) is 10.3 Å². The van der Waals surface area contributed by atoms with E-state index in [1.807, 2.05) is 12.1 Å². The van der Waals surface area contributed by atoms with E-state index in [1.54, 1.807) is 6.20 Å². The Morgan fingerprint density at radius 3 is 2.70 bits per heavy atom. The molecule has 2 rings (SSSR count). The maximum atomic E-state index is 11.9. The quantitative estimate of drug-likeness (QED) is 0.841. The Balaban J connectivity index is 1.96. The third kappa shape index (κ3) is 3.26. The molecule has 108 valence electrons. The van der Waals surface area contributed by atoms with Crippen LogP contribution in [0.25, 0.3) is 0 Å². The Kier molecular flexibility index (Phi) is 4.55. The summed E-state index contributed by atoms with van der Waals surface area (Å²) in [6.07, 6.45) is 1.91. The molecule has 0 saturated carbocycles. The normalized spacial score (nSPS) is 17.7. The molecule has 2 heterocycles. The summed E-state index contributed by atoms with van der Waals surface area (Å²) in [5, 5.41) is 5.45. The summed E-state index contributed by atoms with van der Waals surface area (Å²) >= 11 is 0. The summed E-state index contributed by atoms with van der Waals surface area (Å²) in [7, 11) is 0. The van der Waals surface area contributed by atoms with Crippen LogP contribution in [0, 0.1) is 5.92 Å². The molecule has 1 aromatic heterocycles. The number of hydrogen-bond donors (Lipinski definition) is 2. The first-order valence-corrected chi connectivity index (χ1v) is 6.92. The van der Waals surface area contributed by atoms with Crippen LogP contribution in [0.1, 0.15) is 20.3 Å². The smallest absolute Gasteiger partial charge is 0.229 e. The van der Waals surface area contributed by atoms with E-state index in [0.29, 0.717) is 12.2 Å². The van der Waals surface area contributed by atoms with Crippen molar-refractivity contribution >= 4 is 23.3 Å². The molecule has 2 N–H and O–H groups in total. The topological polar surface area (TPSA) is 74.3 Å². The van der Waals surface area contributed by atoms with Gasteiger partial charge >= 0.3 is 0 Å². The molecule has 6 nitrogen and oxygen atoms in total. The fourth-order valence-electron chi connectivity index (χ4n) is 2.23. The summed E-state index contributed by atoms with van der Waals surface area (Å²) in [5.41, 5.74) is 0.658. The van der Waals surface area contributed by atoms with Crippen LogP contribution in [0.2, 0.25) is 0 Å². The minimum Gasteiger partial charge on any atom is -0.357 e. The number of pyridine rings is 1. The Labute approximate surface area is 118 Å². The molecule has 2 amide bonds. The standard InChI is InChI=1S/C14H20N4O2/c1-3-18(4-2)12-6-5-11(9-15-12)17-14(20)10-7-13(19)16-8-10/h5-6,9-10H,3-4,7-8H2,1-2H3,(H,16,19)(H,17,20). The lowest BCUT2D eigenvalue weighted by Gasteiger charge is -2.19. The lowest BCUT2D eigenvalue weighted by Crippen LogP contribution is -2.25. The van der Waals surface area contributed by atoms with E-state index >= 15 is 0 Å². The highest BCUT2D eigenvalue weighted by atomic mass is 16.2. The second-order valence-corrected chi connectivity index (χ2v) is 4.77. The molecule has 0 aliphatic carbocycles. The molecular weight excluding hydrogens is 256 g/mol. The van der Waals surface area contributed by atoms with Crippen LogP contribution in [-0.2, 0) is 9.59 Å². The maximum absolute atomic E-state index is 11.9. The van der Waals surface area contributed by atoms with E-state index in [-0.39, 0.29) is 24.2 Å². The van der Waals surface area contributed by atoms with Gasteiger partial charge in [-0.15, -0.1) is 0 Å². The van der Waals surface area contributed by atoms with Crippen molar-refractivity contribution in [3.63, 3.8) is 0 Å². The average molecular weight is 276 g/mol. The van der Waals surface area contributed by atoms with Crippen molar-refractivity contribution in [1.29, 1.82) is 0 Å². The van der Waals surface area contributed by atoms with Crippen molar-refractivity contribution in [3.05, 3.63) is 18.3 Å². The number of carbonyl (C=O) groups excluding carboxylic acids is 2. The molecule has 1 fully saturated rings. The highest BCUT2D eigenvalue weighted by Gasteiger charge is 2.27. The van der Waals surface area contributed by atoms with Crippen LogP contribution in [0.3, 0.4) is 0 Å². The van der Waals surface area contributed by atoms with E-state index < -0.39 is 0 Å². The molecule has 0 bridgehead atoms. The van der Waals surface area contributed by atoms with Gasteiger partial charge in [0.05, 0.1) is 17.8 Å². The van der Waals surface area contributed by atoms with Gasteiger partial charge in [0.15, 0.2) is 0 Å². The number of nitrogens with one attached hydrogen (secondary N) is 2. The van der Waals surface area contributed by atoms with Crippen LogP contribution >= 0.6 is 0 Å². The molecule has 0 spiro atoms. The van der Waals surface area contributed by atoms with Crippen molar-refractivity contribution < 1.29 is 9.59 Å². The number of nitrogens with zero attached hydrogens (tertiary/aromatic N) is 2. The van der Waals surface area contributed by atoms with Gasteiger partial charge in [-0.25, -0.2) is 4.98 Å². The zero-order valence-electron chi connectivity index (χ0n) is 11.8. The fraction of sp³-hybridized carbons (Fsp3) is 0.500. The Morgan fingerprint density at radius 1 is 1.45 bits per heavy atom.